The van der Waals surface area contributed by atoms with Crippen molar-refractivity contribution in [3.8, 4) is 0 Å². The second-order valence-corrected chi connectivity index (χ2v) is 3.60. The first-order chi connectivity index (χ1) is 7.08. The molecule has 0 aliphatic carbocycles. The number of aromatic nitrogens is 2. The van der Waals surface area contributed by atoms with Crippen molar-refractivity contribution in [3.63, 3.8) is 0 Å². The molecule has 1 aliphatic rings. The fourth-order valence-corrected chi connectivity index (χ4v) is 1.56. The van der Waals surface area contributed by atoms with Gasteiger partial charge in [0.25, 0.3) is 5.56 Å². The Morgan fingerprint density at radius 2 is 2.33 bits per heavy atom. The van der Waals surface area contributed by atoms with Gasteiger partial charge in [0.1, 0.15) is 12.4 Å². The molecule has 2 heterocycles. The number of alkyl halides is 1. The number of halogens is 1. The predicted octanol–water partition coefficient (Wildman–Crippen LogP) is 0.102. The number of nitrogens with zero attached hydrogens (tertiary/aromatic N) is 1. The monoisotopic (exact) mass is 214 g/mol. The lowest BCUT2D eigenvalue weighted by Crippen LogP contribution is -2.33. The Labute approximate surface area is 84.5 Å². The molecule has 15 heavy (non-hydrogen) atoms. The summed E-state index contributed by atoms with van der Waals surface area (Å²) in [6.07, 6.45) is -0.118. The summed E-state index contributed by atoms with van der Waals surface area (Å²) in [6, 6.07) is 0. The smallest absolute Gasteiger partial charge is 0.330 e. The molecule has 0 saturated carbocycles. The van der Waals surface area contributed by atoms with E-state index in [9.17, 15) is 14.0 Å². The van der Waals surface area contributed by atoms with Gasteiger partial charge in [-0.2, -0.15) is 0 Å². The van der Waals surface area contributed by atoms with Crippen LogP contribution in [0.5, 0.6) is 0 Å². The van der Waals surface area contributed by atoms with Gasteiger partial charge in [0.2, 0.25) is 0 Å². The number of hydrogen-bond donors (Lipinski definition) is 1. The zero-order valence-electron chi connectivity index (χ0n) is 8.20. The maximum absolute atomic E-state index is 12.9. The van der Waals surface area contributed by atoms with E-state index in [-0.39, 0.29) is 13.0 Å². The fraction of sp³-hybridized carbons (Fsp3) is 0.556. The van der Waals surface area contributed by atoms with Gasteiger partial charge in [-0.15, -0.1) is 0 Å². The minimum atomic E-state index is -1.05. The molecule has 1 aliphatic heterocycles. The summed E-state index contributed by atoms with van der Waals surface area (Å²) >= 11 is 0. The number of H-pyrrole nitrogens is 1. The highest BCUT2D eigenvalue weighted by Crippen LogP contribution is 2.23. The van der Waals surface area contributed by atoms with Crippen LogP contribution in [0.15, 0.2) is 15.8 Å². The summed E-state index contributed by atoms with van der Waals surface area (Å²) in [5.74, 6) is 0. The predicted molar refractivity (Wildman–Crippen MR) is 50.6 cm³/mol. The lowest BCUT2D eigenvalue weighted by atomic mass is 10.3. The van der Waals surface area contributed by atoms with Crippen molar-refractivity contribution in [2.45, 2.75) is 25.7 Å². The Balaban J connectivity index is 2.41. The van der Waals surface area contributed by atoms with E-state index in [1.54, 1.807) is 6.92 Å². The highest BCUT2D eigenvalue weighted by atomic mass is 19.1. The van der Waals surface area contributed by atoms with E-state index in [0.717, 1.165) is 0 Å². The lowest BCUT2D eigenvalue weighted by Gasteiger charge is -2.12. The molecule has 2 rings (SSSR count). The van der Waals surface area contributed by atoms with Crippen LogP contribution in [0.25, 0.3) is 0 Å². The van der Waals surface area contributed by atoms with Gasteiger partial charge in [-0.1, -0.05) is 0 Å². The minimum Gasteiger partial charge on any atom is -0.355 e. The molecule has 6 heteroatoms. The van der Waals surface area contributed by atoms with Crippen molar-refractivity contribution < 1.29 is 9.13 Å². The summed E-state index contributed by atoms with van der Waals surface area (Å²) in [5.41, 5.74) is -0.587. The standard InChI is InChI=1S/C9H11FN2O3/c1-5-3-12(9(14)11-8(5)13)7-2-6(10)4-15-7/h3,6-7H,2,4H2,1H3,(H,11,13,14). The van der Waals surface area contributed by atoms with Gasteiger partial charge in [0, 0.05) is 18.2 Å². The molecule has 0 bridgehead atoms. The second kappa shape index (κ2) is 3.62. The lowest BCUT2D eigenvalue weighted by molar-refractivity contribution is 0.0492. The van der Waals surface area contributed by atoms with E-state index < -0.39 is 23.6 Å². The third kappa shape index (κ3) is 1.85. The van der Waals surface area contributed by atoms with Crippen LogP contribution in [-0.4, -0.2) is 22.3 Å². The molecule has 0 radical (unpaired) electrons. The zero-order valence-corrected chi connectivity index (χ0v) is 8.20. The van der Waals surface area contributed by atoms with Gasteiger partial charge in [-0.05, 0) is 6.92 Å². The Morgan fingerprint density at radius 3 is 2.93 bits per heavy atom. The average Bonchev–Trinajstić information content (AvgIpc) is 2.58. The van der Waals surface area contributed by atoms with Crippen LogP contribution >= 0.6 is 0 Å². The number of hydrogen-bond acceptors (Lipinski definition) is 3. The van der Waals surface area contributed by atoms with Gasteiger partial charge < -0.3 is 4.74 Å². The highest BCUT2D eigenvalue weighted by Gasteiger charge is 2.27. The Kier molecular flexibility index (Phi) is 2.44. The maximum Gasteiger partial charge on any atom is 0.330 e. The largest absolute Gasteiger partial charge is 0.355 e. The number of aromatic amines is 1. The Hall–Kier alpha value is -1.43. The number of ether oxygens (including phenoxy) is 1. The van der Waals surface area contributed by atoms with Gasteiger partial charge in [-0.3, -0.25) is 14.3 Å². The third-order valence-corrected chi connectivity index (χ3v) is 2.38. The van der Waals surface area contributed by atoms with Gasteiger partial charge in [-0.25, -0.2) is 9.18 Å². The topological polar surface area (TPSA) is 64.1 Å². The molecule has 5 nitrogen and oxygen atoms in total. The Morgan fingerprint density at radius 1 is 1.60 bits per heavy atom. The van der Waals surface area contributed by atoms with Crippen LogP contribution in [0.2, 0.25) is 0 Å². The molecule has 1 fully saturated rings. The molecule has 1 N–H and O–H groups in total. The molecular weight excluding hydrogens is 203 g/mol. The van der Waals surface area contributed by atoms with E-state index in [1.165, 1.54) is 10.8 Å². The van der Waals surface area contributed by atoms with E-state index in [0.29, 0.717) is 5.56 Å². The molecule has 1 aromatic rings. The summed E-state index contributed by atoms with van der Waals surface area (Å²) in [5, 5.41) is 0. The van der Waals surface area contributed by atoms with Crippen molar-refractivity contribution in [2.24, 2.45) is 0 Å². The molecule has 0 amide bonds. The van der Waals surface area contributed by atoms with Crippen molar-refractivity contribution in [3.05, 3.63) is 32.6 Å². The molecule has 1 aromatic heterocycles. The minimum absolute atomic E-state index is 0.00468. The van der Waals surface area contributed by atoms with Gasteiger partial charge in [0.05, 0.1) is 6.61 Å². The molecule has 0 aromatic carbocycles. The summed E-state index contributed by atoms with van der Waals surface area (Å²) in [4.78, 5) is 24.6. The van der Waals surface area contributed by atoms with Crippen molar-refractivity contribution in [1.82, 2.24) is 9.55 Å². The number of nitrogens with one attached hydrogen (secondary N) is 1. The van der Waals surface area contributed by atoms with Crippen LogP contribution in [0.3, 0.4) is 0 Å². The zero-order chi connectivity index (χ0) is 11.0. The van der Waals surface area contributed by atoms with Crippen molar-refractivity contribution in [2.75, 3.05) is 6.61 Å². The molecule has 1 saturated heterocycles. The molecule has 2 atom stereocenters. The average molecular weight is 214 g/mol. The van der Waals surface area contributed by atoms with Crippen LogP contribution < -0.4 is 11.2 Å². The van der Waals surface area contributed by atoms with E-state index in [2.05, 4.69) is 4.98 Å². The first-order valence-electron chi connectivity index (χ1n) is 4.65. The molecule has 0 spiro atoms. The maximum atomic E-state index is 12.9. The quantitative estimate of drug-likeness (QED) is 0.721. The highest BCUT2D eigenvalue weighted by molar-refractivity contribution is 5.01. The molecule has 82 valence electrons. The molecular formula is C9H11FN2O3. The van der Waals surface area contributed by atoms with Crippen LogP contribution in [0.1, 0.15) is 18.2 Å². The fourth-order valence-electron chi connectivity index (χ4n) is 1.56. The van der Waals surface area contributed by atoms with Crippen molar-refractivity contribution in [1.29, 1.82) is 0 Å². The normalized spacial score (nSPS) is 25.7. The van der Waals surface area contributed by atoms with Gasteiger partial charge >= 0.3 is 5.69 Å². The summed E-state index contributed by atoms with van der Waals surface area (Å²) in [7, 11) is 0. The van der Waals surface area contributed by atoms with Crippen LogP contribution in [0, 0.1) is 6.92 Å². The van der Waals surface area contributed by atoms with Crippen molar-refractivity contribution >= 4 is 0 Å². The summed E-state index contributed by atoms with van der Waals surface area (Å²) < 4.78 is 19.2. The second-order valence-electron chi connectivity index (χ2n) is 3.60. The van der Waals surface area contributed by atoms with Crippen LogP contribution in [-0.2, 0) is 4.74 Å². The molecule has 2 unspecified atom stereocenters. The Bertz CT molecular complexity index is 479. The summed E-state index contributed by atoms with van der Waals surface area (Å²) in [6.45, 7) is 1.58. The van der Waals surface area contributed by atoms with Crippen LogP contribution in [0.4, 0.5) is 4.39 Å². The van der Waals surface area contributed by atoms with Gasteiger partial charge in [0.15, 0.2) is 0 Å². The van der Waals surface area contributed by atoms with E-state index in [4.69, 9.17) is 4.74 Å². The third-order valence-electron chi connectivity index (χ3n) is 2.38. The number of rotatable bonds is 1. The van der Waals surface area contributed by atoms with E-state index >= 15 is 0 Å². The van der Waals surface area contributed by atoms with E-state index in [1.807, 2.05) is 0 Å². The SMILES string of the molecule is Cc1cn(C2CC(F)CO2)c(=O)[nH]c1=O. The number of aryl methyl sites for hydroxylation is 1. The first-order valence-corrected chi connectivity index (χ1v) is 4.65. The first kappa shape index (κ1) is 10.1.